The molecule has 1 heterocycles. The number of aromatic nitrogens is 2. The second-order valence-corrected chi connectivity index (χ2v) is 4.49. The van der Waals surface area contributed by atoms with Gasteiger partial charge in [0, 0.05) is 5.56 Å². The molecule has 0 saturated heterocycles. The highest BCUT2D eigenvalue weighted by molar-refractivity contribution is 5.75. The van der Waals surface area contributed by atoms with E-state index in [2.05, 4.69) is 9.97 Å². The van der Waals surface area contributed by atoms with Crippen LogP contribution in [-0.2, 0) is 0 Å². The third-order valence-electron chi connectivity index (χ3n) is 3.00. The molecule has 0 amide bonds. The number of nitrogen functional groups attached to an aromatic ring is 1. The van der Waals surface area contributed by atoms with Gasteiger partial charge in [0.15, 0.2) is 0 Å². The van der Waals surface area contributed by atoms with Crippen LogP contribution in [0.15, 0.2) is 66.8 Å². The fourth-order valence-corrected chi connectivity index (χ4v) is 1.97. The molecule has 0 bridgehead atoms. The lowest BCUT2D eigenvalue weighted by molar-refractivity contribution is 1.16. The van der Waals surface area contributed by atoms with E-state index in [4.69, 9.17) is 5.73 Å². The minimum atomic E-state index is 0.283. The van der Waals surface area contributed by atoms with Crippen LogP contribution in [0.5, 0.6) is 0 Å². The van der Waals surface area contributed by atoms with Crippen LogP contribution in [0.3, 0.4) is 0 Å². The molecule has 1 aromatic heterocycles. The Labute approximate surface area is 125 Å². The molecule has 0 aliphatic rings. The maximum Gasteiger partial charge on any atom is 0.221 e. The van der Waals surface area contributed by atoms with E-state index < -0.39 is 0 Å². The predicted molar refractivity (Wildman–Crippen MR) is 89.5 cm³/mol. The van der Waals surface area contributed by atoms with E-state index >= 15 is 0 Å². The lowest BCUT2D eigenvalue weighted by atomic mass is 10.1. The maximum absolute atomic E-state index is 5.86. The SMILES string of the molecule is C\C=C/C=C\C(=C/C)c1cc(-c2ccccc2)nc(N)n1. The molecule has 0 aliphatic carbocycles. The van der Waals surface area contributed by atoms with Gasteiger partial charge in [0.25, 0.3) is 0 Å². The number of rotatable bonds is 4. The summed E-state index contributed by atoms with van der Waals surface area (Å²) in [7, 11) is 0. The van der Waals surface area contributed by atoms with Crippen LogP contribution in [-0.4, -0.2) is 9.97 Å². The zero-order valence-corrected chi connectivity index (χ0v) is 12.3. The van der Waals surface area contributed by atoms with Crippen LogP contribution in [0.1, 0.15) is 19.5 Å². The molecule has 0 aliphatic heterocycles. The quantitative estimate of drug-likeness (QED) is 0.849. The van der Waals surface area contributed by atoms with E-state index in [1.807, 2.05) is 80.6 Å². The first-order chi connectivity index (χ1) is 10.2. The first kappa shape index (κ1) is 14.7. The summed E-state index contributed by atoms with van der Waals surface area (Å²) in [5, 5.41) is 0. The van der Waals surface area contributed by atoms with Crippen molar-refractivity contribution in [1.29, 1.82) is 0 Å². The largest absolute Gasteiger partial charge is 0.368 e. The van der Waals surface area contributed by atoms with Gasteiger partial charge in [0.05, 0.1) is 11.4 Å². The van der Waals surface area contributed by atoms with Crippen LogP contribution in [0, 0.1) is 0 Å². The summed E-state index contributed by atoms with van der Waals surface area (Å²) in [5.74, 6) is 0.283. The number of hydrogen-bond donors (Lipinski definition) is 1. The van der Waals surface area contributed by atoms with Gasteiger partial charge in [0.2, 0.25) is 5.95 Å². The summed E-state index contributed by atoms with van der Waals surface area (Å²) in [6.45, 7) is 3.96. The summed E-state index contributed by atoms with van der Waals surface area (Å²) >= 11 is 0. The second-order valence-electron chi connectivity index (χ2n) is 4.49. The van der Waals surface area contributed by atoms with Crippen LogP contribution < -0.4 is 5.73 Å². The number of hydrogen-bond acceptors (Lipinski definition) is 3. The van der Waals surface area contributed by atoms with Crippen molar-refractivity contribution in [2.24, 2.45) is 0 Å². The van der Waals surface area contributed by atoms with Crippen molar-refractivity contribution in [3.63, 3.8) is 0 Å². The summed E-state index contributed by atoms with van der Waals surface area (Å²) in [5.41, 5.74) is 9.55. The molecule has 21 heavy (non-hydrogen) atoms. The van der Waals surface area contributed by atoms with Crippen molar-refractivity contribution in [2.75, 3.05) is 5.73 Å². The Morgan fingerprint density at radius 1 is 1.05 bits per heavy atom. The van der Waals surface area contributed by atoms with E-state index in [-0.39, 0.29) is 5.95 Å². The van der Waals surface area contributed by atoms with E-state index in [1.165, 1.54) is 0 Å². The molecule has 3 nitrogen and oxygen atoms in total. The number of nitrogens with two attached hydrogens (primary N) is 1. The van der Waals surface area contributed by atoms with Gasteiger partial charge in [0.1, 0.15) is 0 Å². The minimum absolute atomic E-state index is 0.283. The molecule has 2 aromatic rings. The highest BCUT2D eigenvalue weighted by Gasteiger charge is 2.06. The molecular formula is C18H19N3. The molecule has 0 fully saturated rings. The molecule has 0 saturated carbocycles. The van der Waals surface area contributed by atoms with E-state index in [1.54, 1.807) is 0 Å². The lowest BCUT2D eigenvalue weighted by Crippen LogP contribution is -2.00. The first-order valence-electron chi connectivity index (χ1n) is 6.90. The minimum Gasteiger partial charge on any atom is -0.368 e. The third kappa shape index (κ3) is 3.89. The van der Waals surface area contributed by atoms with Gasteiger partial charge in [-0.05, 0) is 25.5 Å². The van der Waals surface area contributed by atoms with Crippen molar-refractivity contribution in [2.45, 2.75) is 13.8 Å². The van der Waals surface area contributed by atoms with Gasteiger partial charge in [-0.15, -0.1) is 0 Å². The molecule has 2 N–H and O–H groups in total. The Morgan fingerprint density at radius 3 is 2.48 bits per heavy atom. The van der Waals surface area contributed by atoms with E-state index in [0.29, 0.717) is 0 Å². The standard InChI is InChI=1S/C18H19N3/c1-3-5-7-10-14(4-2)16-13-17(21-18(19)20-16)15-11-8-6-9-12-15/h3-13H,1-2H3,(H2,19,20,21)/b5-3-,10-7-,14-4+. The van der Waals surface area contributed by atoms with Gasteiger partial charge in [-0.3, -0.25) is 0 Å². The predicted octanol–water partition coefficient (Wildman–Crippen LogP) is 4.26. The average Bonchev–Trinajstić information content (AvgIpc) is 2.52. The van der Waals surface area contributed by atoms with E-state index in [0.717, 1.165) is 22.5 Å². The Kier molecular flexibility index (Phi) is 5.04. The van der Waals surface area contributed by atoms with Gasteiger partial charge in [-0.2, -0.15) is 0 Å². The third-order valence-corrected chi connectivity index (χ3v) is 3.00. The van der Waals surface area contributed by atoms with Crippen LogP contribution >= 0.6 is 0 Å². The summed E-state index contributed by atoms with van der Waals surface area (Å²) in [6, 6.07) is 11.9. The molecule has 3 heteroatoms. The fourth-order valence-electron chi connectivity index (χ4n) is 1.97. The molecule has 2 rings (SSSR count). The molecule has 0 atom stereocenters. The van der Waals surface area contributed by atoms with Gasteiger partial charge >= 0.3 is 0 Å². The molecule has 0 radical (unpaired) electrons. The van der Waals surface area contributed by atoms with Crippen molar-refractivity contribution in [1.82, 2.24) is 9.97 Å². The van der Waals surface area contributed by atoms with Crippen LogP contribution in [0.4, 0.5) is 5.95 Å². The number of allylic oxidation sites excluding steroid dienone is 6. The Bertz CT molecular complexity index is 683. The Morgan fingerprint density at radius 2 is 1.81 bits per heavy atom. The van der Waals surface area contributed by atoms with Gasteiger partial charge < -0.3 is 5.73 Å². The normalized spacial score (nSPS) is 12.4. The Balaban J connectivity index is 2.43. The summed E-state index contributed by atoms with van der Waals surface area (Å²) in [6.07, 6.45) is 9.96. The fraction of sp³-hybridized carbons (Fsp3) is 0.111. The maximum atomic E-state index is 5.86. The summed E-state index contributed by atoms with van der Waals surface area (Å²) in [4.78, 5) is 8.65. The van der Waals surface area contributed by atoms with Crippen molar-refractivity contribution in [3.8, 4) is 11.3 Å². The highest BCUT2D eigenvalue weighted by Crippen LogP contribution is 2.22. The smallest absolute Gasteiger partial charge is 0.221 e. The van der Waals surface area contributed by atoms with Crippen molar-refractivity contribution < 1.29 is 0 Å². The lowest BCUT2D eigenvalue weighted by Gasteiger charge is -2.06. The molecular weight excluding hydrogens is 258 g/mol. The number of nitrogens with zero attached hydrogens (tertiary/aromatic N) is 2. The van der Waals surface area contributed by atoms with Crippen molar-refractivity contribution in [3.05, 3.63) is 72.5 Å². The van der Waals surface area contributed by atoms with Gasteiger partial charge in [-0.25, -0.2) is 9.97 Å². The average molecular weight is 277 g/mol. The summed E-state index contributed by atoms with van der Waals surface area (Å²) < 4.78 is 0. The molecule has 106 valence electrons. The van der Waals surface area contributed by atoms with Gasteiger partial charge in [-0.1, -0.05) is 60.7 Å². The highest BCUT2D eigenvalue weighted by atomic mass is 15.0. The molecule has 1 aromatic carbocycles. The number of benzene rings is 1. The van der Waals surface area contributed by atoms with E-state index in [9.17, 15) is 0 Å². The number of anilines is 1. The topological polar surface area (TPSA) is 51.8 Å². The first-order valence-corrected chi connectivity index (χ1v) is 6.90. The van der Waals surface area contributed by atoms with Crippen LogP contribution in [0.25, 0.3) is 16.8 Å². The van der Waals surface area contributed by atoms with Crippen LogP contribution in [0.2, 0.25) is 0 Å². The zero-order valence-electron chi connectivity index (χ0n) is 12.3. The molecule has 0 unspecified atom stereocenters. The van der Waals surface area contributed by atoms with Crippen molar-refractivity contribution >= 4 is 11.5 Å². The monoisotopic (exact) mass is 277 g/mol. The Hall–Kier alpha value is -2.68. The second kappa shape index (κ2) is 7.20. The zero-order chi connectivity index (χ0) is 15.1. The molecule has 0 spiro atoms.